The van der Waals surface area contributed by atoms with Crippen molar-refractivity contribution in [2.45, 2.75) is 31.0 Å². The molecule has 1 rings (SSSR count). The number of hydrogen-bond acceptors (Lipinski definition) is 1. The van der Waals surface area contributed by atoms with Crippen molar-refractivity contribution in [3.05, 3.63) is 35.6 Å². The average Bonchev–Trinajstić information content (AvgIpc) is 2.28. The van der Waals surface area contributed by atoms with Gasteiger partial charge >= 0.3 is 0 Å². The molecule has 0 amide bonds. The maximum absolute atomic E-state index is 12.7. The number of hydrogen-bond donors (Lipinski definition) is 0. The van der Waals surface area contributed by atoms with Crippen LogP contribution in [0.5, 0.6) is 0 Å². The quantitative estimate of drug-likeness (QED) is 0.599. The molecule has 15 heavy (non-hydrogen) atoms. The second kappa shape index (κ2) is 4.88. The summed E-state index contributed by atoms with van der Waals surface area (Å²) in [6.07, 6.45) is 1.44. The first-order valence-corrected chi connectivity index (χ1v) is 5.82. The third kappa shape index (κ3) is 2.65. The Kier molecular flexibility index (Phi) is 4.03. The van der Waals surface area contributed by atoms with Crippen molar-refractivity contribution in [2.24, 2.45) is 0 Å². The van der Waals surface area contributed by atoms with Crippen LogP contribution in [0.1, 0.15) is 37.0 Å². The van der Waals surface area contributed by atoms with Gasteiger partial charge in [-0.25, -0.2) is 4.39 Å². The van der Waals surface area contributed by atoms with Crippen molar-refractivity contribution in [2.75, 3.05) is 0 Å². The first-order valence-electron chi connectivity index (χ1n) is 5.02. The van der Waals surface area contributed by atoms with E-state index in [0.717, 1.165) is 12.8 Å². The zero-order valence-electron chi connectivity index (χ0n) is 8.89. The third-order valence-electron chi connectivity index (χ3n) is 2.63. The van der Waals surface area contributed by atoms with E-state index < -0.39 is 4.32 Å². The molecule has 0 aromatic heterocycles. The normalized spacial score (nSPS) is 11.5. The number of carbonyl (C=O) groups is 1. The predicted octanol–water partition coefficient (Wildman–Crippen LogP) is 3.96. The molecular formula is C12H14BrFO. The lowest BCUT2D eigenvalue weighted by Gasteiger charge is -2.22. The summed E-state index contributed by atoms with van der Waals surface area (Å²) >= 11 is 3.46. The van der Waals surface area contributed by atoms with Gasteiger partial charge in [0.25, 0.3) is 0 Å². The fourth-order valence-electron chi connectivity index (χ4n) is 1.43. The number of carbonyl (C=O) groups excluding carboxylic acids is 1. The summed E-state index contributed by atoms with van der Waals surface area (Å²) in [6, 6.07) is 5.68. The lowest BCUT2D eigenvalue weighted by Crippen LogP contribution is -2.30. The molecule has 0 aliphatic carbocycles. The van der Waals surface area contributed by atoms with Crippen molar-refractivity contribution in [3.8, 4) is 0 Å². The van der Waals surface area contributed by atoms with E-state index in [4.69, 9.17) is 0 Å². The van der Waals surface area contributed by atoms with E-state index in [9.17, 15) is 9.18 Å². The number of halogens is 2. The highest BCUT2D eigenvalue weighted by Crippen LogP contribution is 2.30. The molecule has 1 aromatic carbocycles. The minimum absolute atomic E-state index is 0.0208. The zero-order valence-corrected chi connectivity index (χ0v) is 10.5. The molecule has 3 heteroatoms. The standard InChI is InChI=1S/C12H14BrFO/c1-3-12(13,4-2)11(15)9-5-7-10(14)8-6-9/h5-8H,3-4H2,1-2H3. The Hall–Kier alpha value is -0.700. The molecule has 0 bridgehead atoms. The summed E-state index contributed by atoms with van der Waals surface area (Å²) in [5.74, 6) is -0.299. The van der Waals surface area contributed by atoms with Crippen LogP contribution in [0, 0.1) is 5.82 Å². The molecule has 0 saturated carbocycles. The van der Waals surface area contributed by atoms with Gasteiger partial charge in [-0.3, -0.25) is 4.79 Å². The van der Waals surface area contributed by atoms with Crippen LogP contribution in [0.4, 0.5) is 4.39 Å². The monoisotopic (exact) mass is 272 g/mol. The first kappa shape index (κ1) is 12.4. The molecule has 0 unspecified atom stereocenters. The van der Waals surface area contributed by atoms with Crippen LogP contribution < -0.4 is 0 Å². The van der Waals surface area contributed by atoms with Crippen LogP contribution in [0.2, 0.25) is 0 Å². The lowest BCUT2D eigenvalue weighted by atomic mass is 9.93. The Labute approximate surface area is 97.8 Å². The van der Waals surface area contributed by atoms with E-state index in [2.05, 4.69) is 15.9 Å². The van der Waals surface area contributed by atoms with Gasteiger partial charge in [-0.15, -0.1) is 0 Å². The Morgan fingerprint density at radius 1 is 1.27 bits per heavy atom. The molecule has 0 aliphatic heterocycles. The van der Waals surface area contributed by atoms with Crippen molar-refractivity contribution in [3.63, 3.8) is 0 Å². The smallest absolute Gasteiger partial charge is 0.179 e. The fraction of sp³-hybridized carbons (Fsp3) is 0.417. The number of rotatable bonds is 4. The van der Waals surface area contributed by atoms with Gasteiger partial charge in [0.15, 0.2) is 5.78 Å². The van der Waals surface area contributed by atoms with Gasteiger partial charge in [0.1, 0.15) is 5.82 Å². The zero-order chi connectivity index (χ0) is 11.5. The maximum atomic E-state index is 12.7. The van der Waals surface area contributed by atoms with Crippen molar-refractivity contribution in [1.82, 2.24) is 0 Å². The summed E-state index contributed by atoms with van der Waals surface area (Å²) in [4.78, 5) is 12.1. The first-order chi connectivity index (χ1) is 7.03. The van der Waals surface area contributed by atoms with Crippen LogP contribution in [-0.4, -0.2) is 10.1 Å². The summed E-state index contributed by atoms with van der Waals surface area (Å²) in [5, 5.41) is 0. The van der Waals surface area contributed by atoms with Crippen LogP contribution in [-0.2, 0) is 0 Å². The highest BCUT2D eigenvalue weighted by molar-refractivity contribution is 9.10. The van der Waals surface area contributed by atoms with Gasteiger partial charge in [0, 0.05) is 5.56 Å². The van der Waals surface area contributed by atoms with Crippen molar-refractivity contribution in [1.29, 1.82) is 0 Å². The van der Waals surface area contributed by atoms with E-state index in [1.807, 2.05) is 13.8 Å². The lowest BCUT2D eigenvalue weighted by molar-refractivity contribution is 0.0941. The Morgan fingerprint density at radius 2 is 1.73 bits per heavy atom. The second-order valence-corrected chi connectivity index (χ2v) is 5.03. The number of alkyl halides is 1. The predicted molar refractivity (Wildman–Crippen MR) is 63.0 cm³/mol. The summed E-state index contributed by atoms with van der Waals surface area (Å²) in [7, 11) is 0. The van der Waals surface area contributed by atoms with Gasteiger partial charge in [0.2, 0.25) is 0 Å². The van der Waals surface area contributed by atoms with Gasteiger partial charge in [-0.2, -0.15) is 0 Å². The highest BCUT2D eigenvalue weighted by atomic mass is 79.9. The SMILES string of the molecule is CCC(Br)(CC)C(=O)c1ccc(F)cc1. The summed E-state index contributed by atoms with van der Waals surface area (Å²) in [5.41, 5.74) is 0.553. The Morgan fingerprint density at radius 3 is 2.13 bits per heavy atom. The fourth-order valence-corrected chi connectivity index (χ4v) is 1.66. The van der Waals surface area contributed by atoms with E-state index in [1.165, 1.54) is 24.3 Å². The largest absolute Gasteiger partial charge is 0.293 e. The molecule has 0 fully saturated rings. The number of Topliss-reactive ketones (excluding diaryl/α,β-unsaturated/α-hetero) is 1. The molecule has 0 saturated heterocycles. The molecule has 0 N–H and O–H groups in total. The number of benzene rings is 1. The molecule has 0 radical (unpaired) electrons. The van der Waals surface area contributed by atoms with E-state index in [1.54, 1.807) is 0 Å². The number of ketones is 1. The Bertz CT molecular complexity index is 341. The molecular weight excluding hydrogens is 259 g/mol. The molecule has 1 aromatic rings. The molecule has 82 valence electrons. The van der Waals surface area contributed by atoms with Crippen LogP contribution in [0.25, 0.3) is 0 Å². The van der Waals surface area contributed by atoms with Crippen LogP contribution in [0.15, 0.2) is 24.3 Å². The third-order valence-corrected chi connectivity index (χ3v) is 4.12. The highest BCUT2D eigenvalue weighted by Gasteiger charge is 2.32. The minimum Gasteiger partial charge on any atom is -0.293 e. The topological polar surface area (TPSA) is 17.1 Å². The van der Waals surface area contributed by atoms with E-state index in [-0.39, 0.29) is 11.6 Å². The molecule has 0 aliphatic rings. The molecule has 1 nitrogen and oxygen atoms in total. The Balaban J connectivity index is 2.98. The van der Waals surface area contributed by atoms with Crippen LogP contribution in [0.3, 0.4) is 0 Å². The maximum Gasteiger partial charge on any atom is 0.179 e. The summed E-state index contributed by atoms with van der Waals surface area (Å²) < 4.78 is 12.2. The molecule has 0 atom stereocenters. The average molecular weight is 273 g/mol. The van der Waals surface area contributed by atoms with Crippen LogP contribution >= 0.6 is 15.9 Å². The molecule has 0 heterocycles. The van der Waals surface area contributed by atoms with E-state index in [0.29, 0.717) is 5.56 Å². The van der Waals surface area contributed by atoms with Gasteiger partial charge in [-0.05, 0) is 37.1 Å². The second-order valence-electron chi connectivity index (χ2n) is 3.51. The summed E-state index contributed by atoms with van der Waals surface area (Å²) in [6.45, 7) is 3.92. The van der Waals surface area contributed by atoms with E-state index >= 15 is 0 Å². The van der Waals surface area contributed by atoms with Crippen molar-refractivity contribution >= 4 is 21.7 Å². The minimum atomic E-state index is -0.509. The molecule has 0 spiro atoms. The van der Waals surface area contributed by atoms with Gasteiger partial charge in [-0.1, -0.05) is 29.8 Å². The van der Waals surface area contributed by atoms with Gasteiger partial charge < -0.3 is 0 Å². The van der Waals surface area contributed by atoms with Crippen molar-refractivity contribution < 1.29 is 9.18 Å². The van der Waals surface area contributed by atoms with Gasteiger partial charge in [0.05, 0.1) is 4.32 Å².